The number of aromatic hydroxyl groups is 1. The predicted octanol–water partition coefficient (Wildman–Crippen LogP) is 0.956. The maximum Gasteiger partial charge on any atom is 0.226 e. The summed E-state index contributed by atoms with van der Waals surface area (Å²) in [5.41, 5.74) is 0.814. The van der Waals surface area contributed by atoms with Crippen LogP contribution >= 0.6 is 0 Å². The minimum absolute atomic E-state index is 0.267. The highest BCUT2D eigenvalue weighted by Crippen LogP contribution is 2.26. The smallest absolute Gasteiger partial charge is 0.226 e. The third kappa shape index (κ3) is 2.23. The summed E-state index contributed by atoms with van der Waals surface area (Å²) in [4.78, 5) is 11.1. The summed E-state index contributed by atoms with van der Waals surface area (Å²) in [5, 5.41) is 14.1. The topological polar surface area (TPSA) is 66.2 Å². The van der Waals surface area contributed by atoms with Gasteiger partial charge in [-0.3, -0.25) is 0 Å². The lowest BCUT2D eigenvalue weighted by Gasteiger charge is -2.27. The zero-order valence-corrected chi connectivity index (χ0v) is 11.1. The molecule has 0 saturated carbocycles. The van der Waals surface area contributed by atoms with Gasteiger partial charge in [-0.15, -0.1) is 0 Å². The molecule has 1 aliphatic rings. The highest BCUT2D eigenvalue weighted by atomic mass is 16.3. The molecular weight excluding hydrogens is 242 g/mol. The first-order chi connectivity index (χ1) is 9.29. The SMILES string of the molecule is CCCn1cc2nc(N3CCNCC3)ncc2c1O. The molecule has 1 fully saturated rings. The number of hydrogen-bond donors (Lipinski definition) is 2. The van der Waals surface area contributed by atoms with Gasteiger partial charge in [-0.1, -0.05) is 6.92 Å². The van der Waals surface area contributed by atoms with Gasteiger partial charge in [0.05, 0.1) is 10.9 Å². The highest BCUT2D eigenvalue weighted by Gasteiger charge is 2.15. The van der Waals surface area contributed by atoms with E-state index in [4.69, 9.17) is 0 Å². The van der Waals surface area contributed by atoms with Crippen LogP contribution < -0.4 is 10.2 Å². The quantitative estimate of drug-likeness (QED) is 0.861. The first kappa shape index (κ1) is 12.2. The Morgan fingerprint density at radius 2 is 2.16 bits per heavy atom. The molecule has 19 heavy (non-hydrogen) atoms. The summed E-state index contributed by atoms with van der Waals surface area (Å²) in [6, 6.07) is 0. The minimum atomic E-state index is 0.267. The monoisotopic (exact) mass is 261 g/mol. The molecule has 3 heterocycles. The van der Waals surface area contributed by atoms with E-state index in [0.717, 1.165) is 56.0 Å². The number of fused-ring (bicyclic) bond motifs is 1. The Bertz CT molecular complexity index is 574. The van der Waals surface area contributed by atoms with Crippen LogP contribution in [0.5, 0.6) is 5.88 Å². The summed E-state index contributed by atoms with van der Waals surface area (Å²) in [5.74, 6) is 1.02. The zero-order chi connectivity index (χ0) is 13.2. The first-order valence-corrected chi connectivity index (χ1v) is 6.80. The number of hydrogen-bond acceptors (Lipinski definition) is 5. The molecule has 2 N–H and O–H groups in total. The average molecular weight is 261 g/mol. The number of piperazine rings is 1. The molecule has 1 saturated heterocycles. The molecule has 0 unspecified atom stereocenters. The van der Waals surface area contributed by atoms with Crippen molar-refractivity contribution in [1.82, 2.24) is 19.9 Å². The van der Waals surface area contributed by atoms with Crippen LogP contribution in [0.1, 0.15) is 13.3 Å². The maximum absolute atomic E-state index is 10.1. The Hall–Kier alpha value is -1.82. The van der Waals surface area contributed by atoms with E-state index in [1.165, 1.54) is 0 Å². The van der Waals surface area contributed by atoms with Crippen molar-refractivity contribution in [3.8, 4) is 5.88 Å². The molecule has 0 amide bonds. The highest BCUT2D eigenvalue weighted by molar-refractivity contribution is 5.84. The molecule has 0 radical (unpaired) electrons. The molecular formula is C13H19N5O. The summed E-state index contributed by atoms with van der Waals surface area (Å²) >= 11 is 0. The van der Waals surface area contributed by atoms with Crippen LogP contribution in [0.2, 0.25) is 0 Å². The lowest BCUT2D eigenvalue weighted by molar-refractivity contribution is 0.421. The standard InChI is InChI=1S/C13H19N5O/c1-2-5-18-9-11-10(12(18)19)8-15-13(16-11)17-6-3-14-4-7-17/h8-9,14,19H,2-7H2,1H3. The second-order valence-electron chi connectivity index (χ2n) is 4.85. The Morgan fingerprint density at radius 1 is 1.37 bits per heavy atom. The zero-order valence-electron chi connectivity index (χ0n) is 11.1. The fraction of sp³-hybridized carbons (Fsp3) is 0.538. The molecule has 0 spiro atoms. The van der Waals surface area contributed by atoms with Crippen LogP contribution in [0.15, 0.2) is 12.4 Å². The number of rotatable bonds is 3. The van der Waals surface area contributed by atoms with Crippen LogP contribution in [0, 0.1) is 0 Å². The number of nitrogens with one attached hydrogen (secondary N) is 1. The van der Waals surface area contributed by atoms with E-state index in [2.05, 4.69) is 27.1 Å². The van der Waals surface area contributed by atoms with Gasteiger partial charge in [-0.05, 0) is 6.42 Å². The number of nitrogens with zero attached hydrogens (tertiary/aromatic N) is 4. The first-order valence-electron chi connectivity index (χ1n) is 6.80. The van der Waals surface area contributed by atoms with E-state index in [0.29, 0.717) is 0 Å². The van der Waals surface area contributed by atoms with Gasteiger partial charge in [-0.2, -0.15) is 0 Å². The summed E-state index contributed by atoms with van der Waals surface area (Å²) in [6.07, 6.45) is 4.61. The predicted molar refractivity (Wildman–Crippen MR) is 74.6 cm³/mol. The van der Waals surface area contributed by atoms with Crippen molar-refractivity contribution in [1.29, 1.82) is 0 Å². The second-order valence-corrected chi connectivity index (χ2v) is 4.85. The number of aryl methyl sites for hydroxylation is 1. The summed E-state index contributed by atoms with van der Waals surface area (Å²) in [7, 11) is 0. The van der Waals surface area contributed by atoms with Crippen molar-refractivity contribution >= 4 is 16.9 Å². The average Bonchev–Trinajstić information content (AvgIpc) is 2.76. The van der Waals surface area contributed by atoms with Crippen molar-refractivity contribution < 1.29 is 5.11 Å². The molecule has 0 aromatic carbocycles. The number of aromatic nitrogens is 3. The molecule has 1 aliphatic heterocycles. The van der Waals surface area contributed by atoms with E-state index in [1.54, 1.807) is 6.20 Å². The van der Waals surface area contributed by atoms with Crippen LogP contribution in [0.25, 0.3) is 10.9 Å². The van der Waals surface area contributed by atoms with Crippen LogP contribution in [0.3, 0.4) is 0 Å². The van der Waals surface area contributed by atoms with Gasteiger partial charge in [0.25, 0.3) is 0 Å². The molecule has 2 aromatic rings. The minimum Gasteiger partial charge on any atom is -0.494 e. The summed E-state index contributed by atoms with van der Waals surface area (Å²) in [6.45, 7) is 6.65. The van der Waals surface area contributed by atoms with E-state index in [1.807, 2.05) is 10.8 Å². The van der Waals surface area contributed by atoms with Gasteiger partial charge < -0.3 is 19.9 Å². The third-order valence-electron chi connectivity index (χ3n) is 3.46. The Balaban J connectivity index is 1.96. The fourth-order valence-corrected chi connectivity index (χ4v) is 2.45. The van der Waals surface area contributed by atoms with E-state index >= 15 is 0 Å². The van der Waals surface area contributed by atoms with Crippen LogP contribution in [-0.2, 0) is 6.54 Å². The normalized spacial score (nSPS) is 16.2. The molecule has 0 aliphatic carbocycles. The lowest BCUT2D eigenvalue weighted by atomic mass is 10.3. The second kappa shape index (κ2) is 5.05. The van der Waals surface area contributed by atoms with Crippen molar-refractivity contribution in [2.24, 2.45) is 0 Å². The van der Waals surface area contributed by atoms with Crippen LogP contribution in [0.4, 0.5) is 5.95 Å². The Kier molecular flexibility index (Phi) is 3.25. The largest absolute Gasteiger partial charge is 0.494 e. The van der Waals surface area contributed by atoms with Gasteiger partial charge in [-0.25, -0.2) is 9.97 Å². The Labute approximate surface area is 112 Å². The van der Waals surface area contributed by atoms with Gasteiger partial charge >= 0.3 is 0 Å². The fourth-order valence-electron chi connectivity index (χ4n) is 2.45. The van der Waals surface area contributed by atoms with Crippen molar-refractivity contribution in [2.75, 3.05) is 31.1 Å². The van der Waals surface area contributed by atoms with Crippen molar-refractivity contribution in [3.63, 3.8) is 0 Å². The van der Waals surface area contributed by atoms with Crippen LogP contribution in [-0.4, -0.2) is 45.8 Å². The van der Waals surface area contributed by atoms with Crippen molar-refractivity contribution in [2.45, 2.75) is 19.9 Å². The Morgan fingerprint density at radius 3 is 2.89 bits per heavy atom. The molecule has 0 atom stereocenters. The van der Waals surface area contributed by atoms with Gasteiger partial charge in [0.15, 0.2) is 0 Å². The van der Waals surface area contributed by atoms with Gasteiger partial charge in [0.1, 0.15) is 0 Å². The molecule has 6 heteroatoms. The van der Waals surface area contributed by atoms with Crippen molar-refractivity contribution in [3.05, 3.63) is 12.4 Å². The van der Waals surface area contributed by atoms with Gasteiger partial charge in [0, 0.05) is 45.1 Å². The maximum atomic E-state index is 10.1. The molecule has 2 aromatic heterocycles. The molecule has 6 nitrogen and oxygen atoms in total. The van der Waals surface area contributed by atoms with E-state index in [9.17, 15) is 5.11 Å². The van der Waals surface area contributed by atoms with E-state index in [-0.39, 0.29) is 5.88 Å². The molecule has 102 valence electrons. The summed E-state index contributed by atoms with van der Waals surface area (Å²) < 4.78 is 1.83. The molecule has 0 bridgehead atoms. The number of anilines is 1. The van der Waals surface area contributed by atoms with E-state index < -0.39 is 0 Å². The van der Waals surface area contributed by atoms with Gasteiger partial charge in [0.2, 0.25) is 11.8 Å². The molecule has 3 rings (SSSR count). The third-order valence-corrected chi connectivity index (χ3v) is 3.46. The lowest BCUT2D eigenvalue weighted by Crippen LogP contribution is -2.44.